The second-order valence-electron chi connectivity index (χ2n) is 5.57. The smallest absolute Gasteiger partial charge is 0.123 e. The molecule has 100 valence electrons. The molecule has 0 aromatic heterocycles. The van der Waals surface area contributed by atoms with Crippen LogP contribution in [0, 0.1) is 17.7 Å². The van der Waals surface area contributed by atoms with Gasteiger partial charge in [0, 0.05) is 0 Å². The molecule has 1 aliphatic carbocycles. The Morgan fingerprint density at radius 3 is 2.61 bits per heavy atom. The van der Waals surface area contributed by atoms with Crippen LogP contribution in [0.5, 0.6) is 0 Å². The van der Waals surface area contributed by atoms with Crippen LogP contribution < -0.4 is 0 Å². The summed E-state index contributed by atoms with van der Waals surface area (Å²) >= 11 is 0. The fraction of sp³-hybridized carbons (Fsp3) is 0.625. The van der Waals surface area contributed by atoms with E-state index in [0.29, 0.717) is 5.92 Å². The summed E-state index contributed by atoms with van der Waals surface area (Å²) < 4.78 is 13.1. The predicted octanol–water partition coefficient (Wildman–Crippen LogP) is 4.47. The molecule has 1 aromatic rings. The summed E-state index contributed by atoms with van der Waals surface area (Å²) in [6, 6.07) is 6.39. The van der Waals surface area contributed by atoms with E-state index in [9.17, 15) is 9.50 Å². The molecule has 2 heteroatoms. The van der Waals surface area contributed by atoms with Gasteiger partial charge < -0.3 is 5.11 Å². The van der Waals surface area contributed by atoms with Crippen LogP contribution in [0.2, 0.25) is 0 Å². The standard InChI is InChI=1S/C16H23FO/c1-2-4-12-7-9-13(10-8-12)16(18)14-5-3-6-15(17)11-14/h3,5-6,11-13,16,18H,2,4,7-10H2,1H3. The summed E-state index contributed by atoms with van der Waals surface area (Å²) in [5, 5.41) is 10.3. The SMILES string of the molecule is CCCC1CCC(C(O)c2cccc(F)c2)CC1. The lowest BCUT2D eigenvalue weighted by Crippen LogP contribution is -2.20. The minimum Gasteiger partial charge on any atom is -0.388 e. The van der Waals surface area contributed by atoms with Crippen LogP contribution >= 0.6 is 0 Å². The maximum atomic E-state index is 13.1. The second-order valence-corrected chi connectivity index (χ2v) is 5.57. The fourth-order valence-electron chi connectivity index (χ4n) is 3.16. The zero-order valence-electron chi connectivity index (χ0n) is 11.1. The number of benzene rings is 1. The number of aliphatic hydroxyl groups excluding tert-OH is 1. The van der Waals surface area contributed by atoms with E-state index in [4.69, 9.17) is 0 Å². The molecule has 1 atom stereocenters. The first-order valence-corrected chi connectivity index (χ1v) is 7.14. The fourth-order valence-corrected chi connectivity index (χ4v) is 3.16. The molecule has 1 aliphatic rings. The first-order valence-electron chi connectivity index (χ1n) is 7.14. The van der Waals surface area contributed by atoms with Crippen LogP contribution in [-0.4, -0.2) is 5.11 Å². The number of rotatable bonds is 4. The van der Waals surface area contributed by atoms with Gasteiger partial charge in [-0.2, -0.15) is 0 Å². The highest BCUT2D eigenvalue weighted by atomic mass is 19.1. The topological polar surface area (TPSA) is 20.2 Å². The van der Waals surface area contributed by atoms with E-state index in [0.717, 1.165) is 24.3 Å². The minimum absolute atomic E-state index is 0.258. The number of halogens is 1. The van der Waals surface area contributed by atoms with Gasteiger partial charge in [-0.1, -0.05) is 44.7 Å². The van der Waals surface area contributed by atoms with Gasteiger partial charge in [0.1, 0.15) is 5.82 Å². The molecule has 0 spiro atoms. The van der Waals surface area contributed by atoms with Crippen molar-refractivity contribution in [3.05, 3.63) is 35.6 Å². The highest BCUT2D eigenvalue weighted by molar-refractivity contribution is 5.19. The van der Waals surface area contributed by atoms with E-state index in [1.807, 2.05) is 6.07 Å². The van der Waals surface area contributed by atoms with E-state index in [2.05, 4.69) is 6.92 Å². The first kappa shape index (κ1) is 13.5. The molecule has 1 aromatic carbocycles. The molecule has 18 heavy (non-hydrogen) atoms. The summed E-state index contributed by atoms with van der Waals surface area (Å²) in [6.07, 6.45) is 6.63. The molecular weight excluding hydrogens is 227 g/mol. The van der Waals surface area contributed by atoms with Gasteiger partial charge in [-0.25, -0.2) is 4.39 Å². The Morgan fingerprint density at radius 1 is 1.28 bits per heavy atom. The molecule has 1 nitrogen and oxygen atoms in total. The number of hydrogen-bond acceptors (Lipinski definition) is 1. The molecule has 1 saturated carbocycles. The summed E-state index contributed by atoms with van der Waals surface area (Å²) in [5.41, 5.74) is 0.731. The van der Waals surface area contributed by atoms with Gasteiger partial charge in [0.25, 0.3) is 0 Å². The lowest BCUT2D eigenvalue weighted by Gasteiger charge is -2.31. The minimum atomic E-state index is -0.497. The normalized spacial score (nSPS) is 25.9. The second kappa shape index (κ2) is 6.33. The van der Waals surface area contributed by atoms with Crippen molar-refractivity contribution < 1.29 is 9.50 Å². The Balaban J connectivity index is 1.93. The Morgan fingerprint density at radius 2 is 2.00 bits per heavy atom. The van der Waals surface area contributed by atoms with Crippen molar-refractivity contribution in [1.82, 2.24) is 0 Å². The van der Waals surface area contributed by atoms with Crippen molar-refractivity contribution in [3.63, 3.8) is 0 Å². The van der Waals surface area contributed by atoms with Crippen LogP contribution in [-0.2, 0) is 0 Å². The number of hydrogen-bond donors (Lipinski definition) is 1. The average Bonchev–Trinajstić information content (AvgIpc) is 2.39. The summed E-state index contributed by atoms with van der Waals surface area (Å²) in [5.74, 6) is 0.886. The zero-order valence-corrected chi connectivity index (χ0v) is 11.1. The van der Waals surface area contributed by atoms with Crippen LogP contribution in [0.25, 0.3) is 0 Å². The molecule has 1 fully saturated rings. The van der Waals surface area contributed by atoms with Gasteiger partial charge in [0.05, 0.1) is 6.10 Å². The van der Waals surface area contributed by atoms with E-state index in [1.165, 1.54) is 37.8 Å². The maximum Gasteiger partial charge on any atom is 0.123 e. The van der Waals surface area contributed by atoms with Gasteiger partial charge in [0.15, 0.2) is 0 Å². The van der Waals surface area contributed by atoms with Crippen LogP contribution in [0.15, 0.2) is 24.3 Å². The molecule has 1 N–H and O–H groups in total. The van der Waals surface area contributed by atoms with Gasteiger partial charge in [-0.15, -0.1) is 0 Å². The van der Waals surface area contributed by atoms with Crippen molar-refractivity contribution in [1.29, 1.82) is 0 Å². The monoisotopic (exact) mass is 250 g/mol. The van der Waals surface area contributed by atoms with Crippen molar-refractivity contribution in [2.45, 2.75) is 51.6 Å². The summed E-state index contributed by atoms with van der Waals surface area (Å²) in [7, 11) is 0. The van der Waals surface area contributed by atoms with E-state index in [-0.39, 0.29) is 5.82 Å². The third kappa shape index (κ3) is 3.32. The third-order valence-electron chi connectivity index (χ3n) is 4.23. The Hall–Kier alpha value is -0.890. The van der Waals surface area contributed by atoms with Gasteiger partial charge >= 0.3 is 0 Å². The Labute approximate surface area is 109 Å². The van der Waals surface area contributed by atoms with Crippen LogP contribution in [0.4, 0.5) is 4.39 Å². The third-order valence-corrected chi connectivity index (χ3v) is 4.23. The highest BCUT2D eigenvalue weighted by Crippen LogP contribution is 2.38. The van der Waals surface area contributed by atoms with Gasteiger partial charge in [-0.05, 0) is 42.4 Å². The Kier molecular flexibility index (Phi) is 4.76. The van der Waals surface area contributed by atoms with Gasteiger partial charge in [-0.3, -0.25) is 0 Å². The molecule has 0 aliphatic heterocycles. The predicted molar refractivity (Wildman–Crippen MR) is 71.7 cm³/mol. The first-order chi connectivity index (χ1) is 8.70. The average molecular weight is 250 g/mol. The summed E-state index contributed by atoms with van der Waals surface area (Å²) in [4.78, 5) is 0. The van der Waals surface area contributed by atoms with Gasteiger partial charge in [0.2, 0.25) is 0 Å². The Bertz CT molecular complexity index is 369. The lowest BCUT2D eigenvalue weighted by atomic mass is 9.76. The van der Waals surface area contributed by atoms with Crippen molar-refractivity contribution >= 4 is 0 Å². The van der Waals surface area contributed by atoms with Crippen molar-refractivity contribution in [2.24, 2.45) is 11.8 Å². The van der Waals surface area contributed by atoms with E-state index < -0.39 is 6.10 Å². The molecule has 1 unspecified atom stereocenters. The van der Waals surface area contributed by atoms with E-state index in [1.54, 1.807) is 6.07 Å². The molecule has 0 amide bonds. The zero-order chi connectivity index (χ0) is 13.0. The van der Waals surface area contributed by atoms with Crippen molar-refractivity contribution in [3.8, 4) is 0 Å². The molecule has 0 radical (unpaired) electrons. The molecule has 2 rings (SSSR count). The largest absolute Gasteiger partial charge is 0.388 e. The molecule has 0 bridgehead atoms. The summed E-state index contributed by atoms with van der Waals surface area (Å²) in [6.45, 7) is 2.23. The molecule has 0 heterocycles. The number of aliphatic hydroxyl groups is 1. The van der Waals surface area contributed by atoms with Crippen LogP contribution in [0.3, 0.4) is 0 Å². The van der Waals surface area contributed by atoms with Crippen molar-refractivity contribution in [2.75, 3.05) is 0 Å². The maximum absolute atomic E-state index is 13.1. The van der Waals surface area contributed by atoms with E-state index >= 15 is 0 Å². The molecular formula is C16H23FO. The highest BCUT2D eigenvalue weighted by Gasteiger charge is 2.27. The lowest BCUT2D eigenvalue weighted by molar-refractivity contribution is 0.0720. The molecule has 0 saturated heterocycles. The van der Waals surface area contributed by atoms with Crippen LogP contribution in [0.1, 0.15) is 57.1 Å². The quantitative estimate of drug-likeness (QED) is 0.836.